The molecule has 0 unspecified atom stereocenters. The Morgan fingerprint density at radius 3 is 2.59 bits per heavy atom. The molecular weight excluding hydrogens is 374 g/mol. The number of amides is 1. The van der Waals surface area contributed by atoms with Gasteiger partial charge in [0.05, 0.1) is 26.0 Å². The van der Waals surface area contributed by atoms with Gasteiger partial charge in [0, 0.05) is 23.7 Å². The van der Waals surface area contributed by atoms with Gasteiger partial charge in [-0.05, 0) is 44.9 Å². The van der Waals surface area contributed by atoms with E-state index in [4.69, 9.17) is 18.5 Å². The molecule has 0 radical (unpaired) electrons. The molecule has 4 rings (SSSR count). The van der Waals surface area contributed by atoms with Crippen LogP contribution in [0.25, 0.3) is 11.3 Å². The van der Waals surface area contributed by atoms with Crippen molar-refractivity contribution >= 4 is 5.91 Å². The van der Waals surface area contributed by atoms with Crippen molar-refractivity contribution in [3.8, 4) is 22.8 Å². The number of aryl methyl sites for hydroxylation is 2. The quantitative estimate of drug-likeness (QED) is 0.644. The van der Waals surface area contributed by atoms with E-state index in [2.05, 4.69) is 10.3 Å². The lowest BCUT2D eigenvalue weighted by molar-refractivity contribution is 0.0724. The Kier molecular flexibility index (Phi) is 5.00. The monoisotopic (exact) mass is 397 g/mol. The third-order valence-electron chi connectivity index (χ3n) is 5.33. The molecule has 1 fully saturated rings. The van der Waals surface area contributed by atoms with Crippen LogP contribution in [0.4, 0.5) is 0 Å². The molecule has 3 heterocycles. The van der Waals surface area contributed by atoms with E-state index in [0.29, 0.717) is 23.8 Å². The van der Waals surface area contributed by atoms with Crippen molar-refractivity contribution < 1.29 is 23.3 Å². The first-order chi connectivity index (χ1) is 14.0. The minimum absolute atomic E-state index is 0.0602. The predicted octanol–water partition coefficient (Wildman–Crippen LogP) is 3.94. The highest BCUT2D eigenvalue weighted by atomic mass is 16.5. The van der Waals surface area contributed by atoms with Gasteiger partial charge in [0.15, 0.2) is 23.0 Å². The zero-order chi connectivity index (χ0) is 20.5. The van der Waals surface area contributed by atoms with E-state index in [0.717, 1.165) is 35.4 Å². The number of hydrogen-bond acceptors (Lipinski definition) is 7. The molecule has 8 nitrogen and oxygen atoms in total. The molecule has 29 heavy (non-hydrogen) atoms. The fraction of sp³-hybridized carbons (Fsp3) is 0.381. The van der Waals surface area contributed by atoms with Gasteiger partial charge in [-0.3, -0.25) is 4.79 Å². The van der Waals surface area contributed by atoms with Crippen LogP contribution in [-0.2, 0) is 0 Å². The Morgan fingerprint density at radius 1 is 1.10 bits per heavy atom. The summed E-state index contributed by atoms with van der Waals surface area (Å²) in [7, 11) is 3.15. The highest BCUT2D eigenvalue weighted by Crippen LogP contribution is 2.37. The summed E-state index contributed by atoms with van der Waals surface area (Å²) < 4.78 is 21.3. The van der Waals surface area contributed by atoms with Gasteiger partial charge in [0.1, 0.15) is 5.76 Å². The van der Waals surface area contributed by atoms with Crippen molar-refractivity contribution in [3.05, 3.63) is 47.0 Å². The Bertz CT molecular complexity index is 1020. The summed E-state index contributed by atoms with van der Waals surface area (Å²) in [4.78, 5) is 15.0. The molecule has 8 heteroatoms. The maximum atomic E-state index is 13.2. The van der Waals surface area contributed by atoms with Crippen LogP contribution in [0.2, 0.25) is 0 Å². The molecule has 0 N–H and O–H groups in total. The number of aromatic nitrogens is 2. The second-order valence-electron chi connectivity index (χ2n) is 7.04. The molecule has 152 valence electrons. The maximum Gasteiger partial charge on any atom is 0.276 e. The minimum atomic E-state index is -0.164. The van der Waals surface area contributed by atoms with E-state index in [1.807, 2.05) is 24.8 Å². The van der Waals surface area contributed by atoms with E-state index in [-0.39, 0.29) is 17.6 Å². The first kappa shape index (κ1) is 19.0. The van der Waals surface area contributed by atoms with Gasteiger partial charge in [-0.15, -0.1) is 0 Å². The summed E-state index contributed by atoms with van der Waals surface area (Å²) in [6, 6.07) is 7.00. The number of hydrogen-bond donors (Lipinski definition) is 0. The van der Waals surface area contributed by atoms with Crippen molar-refractivity contribution in [3.63, 3.8) is 0 Å². The van der Waals surface area contributed by atoms with E-state index >= 15 is 0 Å². The molecule has 1 saturated heterocycles. The number of rotatable bonds is 5. The van der Waals surface area contributed by atoms with E-state index in [1.54, 1.807) is 32.4 Å². The standard InChI is InChI=1S/C21H23N3O5/c1-12-20(13(2)28-22-12)16-6-5-9-24(16)21(25)15-11-18(29-23-15)14-7-8-17(26-3)19(10-14)27-4/h7-8,10-11,16H,5-6,9H2,1-4H3/t16-/m0/s1. The highest BCUT2D eigenvalue weighted by Gasteiger charge is 2.35. The average molecular weight is 397 g/mol. The fourth-order valence-electron chi connectivity index (χ4n) is 3.92. The molecule has 0 spiro atoms. The van der Waals surface area contributed by atoms with Crippen LogP contribution in [0, 0.1) is 13.8 Å². The molecule has 0 aliphatic carbocycles. The van der Waals surface area contributed by atoms with Crippen LogP contribution in [0.5, 0.6) is 11.5 Å². The number of ether oxygens (including phenoxy) is 2. The molecule has 1 aliphatic heterocycles. The molecular formula is C21H23N3O5. The largest absolute Gasteiger partial charge is 0.493 e. The SMILES string of the molecule is COc1ccc(-c2cc(C(=O)N3CCC[C@H]3c3c(C)noc3C)no2)cc1OC. The van der Waals surface area contributed by atoms with E-state index in [9.17, 15) is 4.79 Å². The molecule has 1 amide bonds. The second kappa shape index (κ2) is 7.62. The number of nitrogens with zero attached hydrogens (tertiary/aromatic N) is 3. The topological polar surface area (TPSA) is 90.8 Å². The Morgan fingerprint density at radius 2 is 1.90 bits per heavy atom. The molecule has 0 bridgehead atoms. The first-order valence-corrected chi connectivity index (χ1v) is 9.46. The van der Waals surface area contributed by atoms with Gasteiger partial charge in [0.2, 0.25) is 0 Å². The van der Waals surface area contributed by atoms with Crippen molar-refractivity contribution in [2.24, 2.45) is 0 Å². The number of likely N-dealkylation sites (tertiary alicyclic amines) is 1. The summed E-state index contributed by atoms with van der Waals surface area (Å²) in [6.07, 6.45) is 1.79. The molecule has 2 aromatic heterocycles. The lowest BCUT2D eigenvalue weighted by atomic mass is 10.0. The van der Waals surface area contributed by atoms with Gasteiger partial charge >= 0.3 is 0 Å². The van der Waals surface area contributed by atoms with Crippen LogP contribution in [0.15, 0.2) is 33.3 Å². The number of carbonyl (C=O) groups excluding carboxylic acids is 1. The first-order valence-electron chi connectivity index (χ1n) is 9.46. The van der Waals surface area contributed by atoms with Gasteiger partial charge < -0.3 is 23.4 Å². The van der Waals surface area contributed by atoms with Crippen LogP contribution >= 0.6 is 0 Å². The van der Waals surface area contributed by atoms with Gasteiger partial charge in [-0.2, -0.15) is 0 Å². The van der Waals surface area contributed by atoms with Crippen molar-refractivity contribution in [2.75, 3.05) is 20.8 Å². The van der Waals surface area contributed by atoms with Crippen molar-refractivity contribution in [1.82, 2.24) is 15.2 Å². The number of benzene rings is 1. The zero-order valence-corrected chi connectivity index (χ0v) is 16.9. The molecule has 1 atom stereocenters. The zero-order valence-electron chi connectivity index (χ0n) is 16.9. The number of carbonyl (C=O) groups is 1. The third kappa shape index (κ3) is 3.35. The van der Waals surface area contributed by atoms with Crippen LogP contribution in [0.3, 0.4) is 0 Å². The fourth-order valence-corrected chi connectivity index (χ4v) is 3.92. The molecule has 1 aliphatic rings. The lowest BCUT2D eigenvalue weighted by Crippen LogP contribution is -2.31. The summed E-state index contributed by atoms with van der Waals surface area (Å²) >= 11 is 0. The summed E-state index contributed by atoms with van der Waals surface area (Å²) in [6.45, 7) is 4.44. The minimum Gasteiger partial charge on any atom is -0.493 e. The Labute approximate surface area is 168 Å². The highest BCUT2D eigenvalue weighted by molar-refractivity contribution is 5.93. The van der Waals surface area contributed by atoms with E-state index in [1.165, 1.54) is 0 Å². The van der Waals surface area contributed by atoms with Crippen LogP contribution in [0.1, 0.15) is 46.4 Å². The summed E-state index contributed by atoms with van der Waals surface area (Å²) in [5.74, 6) is 2.27. The smallest absolute Gasteiger partial charge is 0.276 e. The van der Waals surface area contributed by atoms with Gasteiger partial charge in [-0.1, -0.05) is 10.3 Å². The Balaban J connectivity index is 1.60. The third-order valence-corrected chi connectivity index (χ3v) is 5.33. The predicted molar refractivity (Wildman–Crippen MR) is 104 cm³/mol. The van der Waals surface area contributed by atoms with Crippen molar-refractivity contribution in [2.45, 2.75) is 32.7 Å². The normalized spacial score (nSPS) is 16.3. The Hall–Kier alpha value is -3.29. The van der Waals surface area contributed by atoms with Crippen LogP contribution < -0.4 is 9.47 Å². The summed E-state index contributed by atoms with van der Waals surface area (Å²) in [5.41, 5.74) is 2.82. The molecule has 0 saturated carbocycles. The number of methoxy groups -OCH3 is 2. The van der Waals surface area contributed by atoms with Crippen LogP contribution in [-0.4, -0.2) is 41.9 Å². The maximum absolute atomic E-state index is 13.2. The van der Waals surface area contributed by atoms with Crippen molar-refractivity contribution in [1.29, 1.82) is 0 Å². The molecule has 1 aromatic carbocycles. The summed E-state index contributed by atoms with van der Waals surface area (Å²) in [5, 5.41) is 8.05. The molecule has 3 aromatic rings. The van der Waals surface area contributed by atoms with Gasteiger partial charge in [-0.25, -0.2) is 0 Å². The second-order valence-corrected chi connectivity index (χ2v) is 7.04. The lowest BCUT2D eigenvalue weighted by Gasteiger charge is -2.23. The average Bonchev–Trinajstić information content (AvgIpc) is 3.47. The van der Waals surface area contributed by atoms with E-state index < -0.39 is 0 Å². The van der Waals surface area contributed by atoms with Gasteiger partial charge in [0.25, 0.3) is 5.91 Å².